The molecule has 2 rings (SSSR count). The highest BCUT2D eigenvalue weighted by Crippen LogP contribution is 2.41. The van der Waals surface area contributed by atoms with E-state index < -0.39 is 10.2 Å². The topological polar surface area (TPSA) is 131 Å². The molecule has 1 aromatic carbocycles. The predicted octanol–water partition coefficient (Wildman–Crippen LogP) is 0.194. The van der Waals surface area contributed by atoms with Crippen molar-refractivity contribution in [1.82, 2.24) is 0 Å². The zero-order valence-corrected chi connectivity index (χ0v) is 17.2. The molecule has 0 atom stereocenters. The van der Waals surface area contributed by atoms with Gasteiger partial charge in [-0.3, -0.25) is 4.42 Å². The molecule has 0 aliphatic carbocycles. The number of halogens is 1. The van der Waals surface area contributed by atoms with Gasteiger partial charge in [-0.25, -0.2) is 18.6 Å². The summed E-state index contributed by atoms with van der Waals surface area (Å²) in [6.07, 6.45) is 0.0539. The quantitative estimate of drug-likeness (QED) is 0.645. The van der Waals surface area contributed by atoms with E-state index in [0.29, 0.717) is 17.4 Å². The summed E-state index contributed by atoms with van der Waals surface area (Å²) in [5, 5.41) is 2.09. The van der Waals surface area contributed by atoms with Crippen molar-refractivity contribution in [3.05, 3.63) is 23.5 Å². The number of hydrogen-bond donors (Lipinski definition) is 0. The Balaban J connectivity index is 0.000000646. The predicted molar refractivity (Wildman–Crippen MR) is 88.3 cm³/mol. The van der Waals surface area contributed by atoms with Crippen LogP contribution in [0.3, 0.4) is 0 Å². The highest BCUT2D eigenvalue weighted by Gasteiger charge is 2.28. The molecule has 0 saturated carbocycles. The summed E-state index contributed by atoms with van der Waals surface area (Å²) in [5.74, 6) is 3.05. The van der Waals surface area contributed by atoms with Crippen LogP contribution in [0.15, 0.2) is 16.5 Å². The number of methoxy groups -OCH3 is 2. The first-order valence-corrected chi connectivity index (χ1v) is 9.43. The number of hydrogen-bond acceptors (Lipinski definition) is 7. The van der Waals surface area contributed by atoms with Crippen LogP contribution in [-0.4, -0.2) is 20.3 Å². The van der Waals surface area contributed by atoms with Crippen molar-refractivity contribution in [1.29, 1.82) is 0 Å². The zero-order chi connectivity index (χ0) is 20.9. The highest BCUT2D eigenvalue weighted by molar-refractivity contribution is 5.91. The third kappa shape index (κ3) is 6.67. The normalized spacial score (nSPS) is 11.4. The lowest BCUT2D eigenvalue weighted by molar-refractivity contribution is -2.00. The van der Waals surface area contributed by atoms with Crippen LogP contribution in [0.5, 0.6) is 17.4 Å². The van der Waals surface area contributed by atoms with E-state index in [1.807, 2.05) is 32.9 Å². The summed E-state index contributed by atoms with van der Waals surface area (Å²) in [6, 6.07) is 3.96. The third-order valence-corrected chi connectivity index (χ3v) is 3.58. The maximum absolute atomic E-state index is 8.49. The maximum atomic E-state index is 8.49. The van der Waals surface area contributed by atoms with Crippen molar-refractivity contribution < 1.29 is 47.5 Å². The fourth-order valence-corrected chi connectivity index (χ4v) is 2.60. The minimum absolute atomic E-state index is 0.0539. The van der Waals surface area contributed by atoms with Gasteiger partial charge >= 0.3 is 5.95 Å². The van der Waals surface area contributed by atoms with E-state index in [4.69, 9.17) is 37.3 Å². The lowest BCUT2D eigenvalue weighted by Crippen LogP contribution is -2.68. The Morgan fingerprint density at radius 2 is 1.33 bits per heavy atom. The van der Waals surface area contributed by atoms with Crippen LogP contribution in [0.1, 0.15) is 44.9 Å². The second-order valence-electron chi connectivity index (χ2n) is 6.31. The first-order chi connectivity index (χ1) is 12.4. The van der Waals surface area contributed by atoms with Gasteiger partial charge in [0.05, 0.1) is 19.6 Å². The molecule has 1 aromatic heterocycles. The second-order valence-corrected chi connectivity index (χ2v) is 7.07. The van der Waals surface area contributed by atoms with E-state index in [0.717, 1.165) is 22.1 Å². The molecule has 2 aromatic rings. The van der Waals surface area contributed by atoms with E-state index in [1.165, 1.54) is 0 Å². The van der Waals surface area contributed by atoms with Crippen LogP contribution in [0, 0.1) is 17.2 Å². The Kier molecular flexibility index (Phi) is 8.06. The fourth-order valence-electron chi connectivity index (χ4n) is 2.60. The Hall–Kier alpha value is -1.84. The monoisotopic (exact) mass is 404 g/mol. The van der Waals surface area contributed by atoms with E-state index >= 15 is 0 Å². The third-order valence-electron chi connectivity index (χ3n) is 3.58. The largest absolute Gasteiger partial charge is 0.522 e. The number of aryl methyl sites for hydroxylation is 1. The molecule has 0 aliphatic rings. The minimum Gasteiger partial charge on any atom is -0.493 e. The molecule has 0 bridgehead atoms. The molecule has 0 fully saturated rings. The molecule has 1 heterocycles. The van der Waals surface area contributed by atoms with E-state index in [-0.39, 0.29) is 12.0 Å². The molecular formula is C18H25ClO8. The van der Waals surface area contributed by atoms with Gasteiger partial charge in [-0.15, -0.1) is 10.2 Å². The van der Waals surface area contributed by atoms with Gasteiger partial charge in [-0.1, -0.05) is 13.8 Å². The van der Waals surface area contributed by atoms with E-state index in [9.17, 15) is 0 Å². The first-order valence-electron chi connectivity index (χ1n) is 8.19. The lowest BCUT2D eigenvalue weighted by atomic mass is 9.97. The maximum Gasteiger partial charge on any atom is 0.522 e. The molecule has 0 saturated heterocycles. The van der Waals surface area contributed by atoms with Crippen LogP contribution >= 0.6 is 0 Å². The number of rotatable bonds is 5. The van der Waals surface area contributed by atoms with Crippen molar-refractivity contribution in [2.45, 2.75) is 46.6 Å². The van der Waals surface area contributed by atoms with E-state index in [2.05, 4.69) is 13.8 Å². The molecule has 27 heavy (non-hydrogen) atoms. The van der Waals surface area contributed by atoms with Gasteiger partial charge < -0.3 is 14.2 Å². The van der Waals surface area contributed by atoms with Crippen molar-refractivity contribution in [3.8, 4) is 17.4 Å². The number of benzene rings is 1. The molecule has 152 valence electrons. The molecule has 0 spiro atoms. The van der Waals surface area contributed by atoms with Crippen molar-refractivity contribution >= 4 is 10.8 Å². The van der Waals surface area contributed by atoms with Crippen molar-refractivity contribution in [2.24, 2.45) is 0 Å². The lowest BCUT2D eigenvalue weighted by Gasteiger charge is -2.17. The Morgan fingerprint density at radius 3 is 1.70 bits per heavy atom. The minimum atomic E-state index is -4.94. The van der Waals surface area contributed by atoms with Gasteiger partial charge in [0.2, 0.25) is 5.76 Å². The van der Waals surface area contributed by atoms with Gasteiger partial charge in [0, 0.05) is 12.3 Å². The van der Waals surface area contributed by atoms with Crippen molar-refractivity contribution in [2.75, 3.05) is 14.2 Å². The van der Waals surface area contributed by atoms with Gasteiger partial charge in [-0.05, 0) is 31.9 Å². The summed E-state index contributed by atoms with van der Waals surface area (Å²) >= 11 is 0. The number of ether oxygens (including phenoxy) is 3. The second kappa shape index (κ2) is 9.38. The summed E-state index contributed by atoms with van der Waals surface area (Å²) in [7, 11) is -1.67. The standard InChI is InChI=1S/C18H25O4.ClHO4/c1-10(2)17-14-9-16(20-7)15(19-6)8-13(14)12(5)22-18(17)21-11(3)4;2-1(3,4)5/h8-11H,1-7H3;(H,2,3,4,5)/q+1;/p-1. The Labute approximate surface area is 160 Å². The Morgan fingerprint density at radius 1 is 0.889 bits per heavy atom. The smallest absolute Gasteiger partial charge is 0.493 e. The zero-order valence-electron chi connectivity index (χ0n) is 16.5. The highest BCUT2D eigenvalue weighted by atomic mass is 35.7. The summed E-state index contributed by atoms with van der Waals surface area (Å²) in [4.78, 5) is 0. The molecule has 8 nitrogen and oxygen atoms in total. The summed E-state index contributed by atoms with van der Waals surface area (Å²) in [6.45, 7) is 10.2. The molecule has 0 amide bonds. The Bertz CT molecular complexity index is 762. The van der Waals surface area contributed by atoms with Crippen LogP contribution in [-0.2, 0) is 0 Å². The average Bonchev–Trinajstić information content (AvgIpc) is 2.51. The summed E-state index contributed by atoms with van der Waals surface area (Å²) in [5.41, 5.74) is 1.05. The van der Waals surface area contributed by atoms with Crippen LogP contribution in [0.25, 0.3) is 10.8 Å². The molecule has 0 unspecified atom stereocenters. The van der Waals surface area contributed by atoms with Crippen molar-refractivity contribution in [3.63, 3.8) is 0 Å². The average molecular weight is 405 g/mol. The first kappa shape index (κ1) is 23.2. The number of fused-ring (bicyclic) bond motifs is 1. The molecule has 0 radical (unpaired) electrons. The van der Waals surface area contributed by atoms with Gasteiger partial charge in [0.15, 0.2) is 17.6 Å². The molecule has 0 N–H and O–H groups in total. The molecule has 9 heteroatoms. The van der Waals surface area contributed by atoms with Gasteiger partial charge in [0.25, 0.3) is 0 Å². The van der Waals surface area contributed by atoms with Crippen LogP contribution < -0.4 is 32.8 Å². The fraction of sp³-hybridized carbons (Fsp3) is 0.500. The van der Waals surface area contributed by atoms with Crippen LogP contribution in [0.4, 0.5) is 0 Å². The summed E-state index contributed by atoms with van der Waals surface area (Å²) < 4.78 is 56.6. The van der Waals surface area contributed by atoms with Gasteiger partial charge in [0.1, 0.15) is 5.56 Å². The molecular weight excluding hydrogens is 380 g/mol. The van der Waals surface area contributed by atoms with Crippen LogP contribution in [0.2, 0.25) is 0 Å². The van der Waals surface area contributed by atoms with E-state index in [1.54, 1.807) is 14.2 Å². The SMILES string of the molecule is COc1cc2c(C)[o+]c(OC(C)C)c(C(C)C)c2cc1OC.[O-][Cl+3]([O-])([O-])[O-]. The molecule has 0 aliphatic heterocycles. The van der Waals surface area contributed by atoms with Gasteiger partial charge in [-0.2, -0.15) is 0 Å².